The number of benzene rings is 1. The molecule has 0 saturated carbocycles. The van der Waals surface area contributed by atoms with Crippen molar-refractivity contribution in [2.24, 2.45) is 5.92 Å². The normalized spacial score (nSPS) is 21.1. The smallest absolute Gasteiger partial charge is 0.220 e. The Bertz CT molecular complexity index is 481. The van der Waals surface area contributed by atoms with E-state index in [1.165, 1.54) is 24.3 Å². The highest BCUT2D eigenvalue weighted by atomic mass is 19.1. The zero-order valence-electron chi connectivity index (χ0n) is 13.0. The molecule has 0 bridgehead atoms. The minimum Gasteiger partial charge on any atom is -0.384 e. The van der Waals surface area contributed by atoms with Gasteiger partial charge in [-0.15, -0.1) is 0 Å². The SMILES string of the molecule is CC(O)(CNC(=O)CCC1CCCOC1)c1ccc(F)cc1. The molecule has 0 aromatic heterocycles. The van der Waals surface area contributed by atoms with Gasteiger partial charge in [0.1, 0.15) is 11.4 Å². The van der Waals surface area contributed by atoms with Crippen molar-refractivity contribution in [2.45, 2.75) is 38.2 Å². The fraction of sp³-hybridized carbons (Fsp3) is 0.588. The van der Waals surface area contributed by atoms with E-state index in [9.17, 15) is 14.3 Å². The van der Waals surface area contributed by atoms with Gasteiger partial charge in [-0.05, 0) is 49.8 Å². The van der Waals surface area contributed by atoms with Gasteiger partial charge in [-0.1, -0.05) is 12.1 Å². The van der Waals surface area contributed by atoms with Crippen LogP contribution < -0.4 is 5.32 Å². The maximum Gasteiger partial charge on any atom is 0.220 e. The first-order valence-corrected chi connectivity index (χ1v) is 7.80. The van der Waals surface area contributed by atoms with Crippen LogP contribution in [0, 0.1) is 11.7 Å². The Balaban J connectivity index is 1.75. The number of carbonyl (C=O) groups excluding carboxylic acids is 1. The molecule has 2 atom stereocenters. The molecule has 1 saturated heterocycles. The van der Waals surface area contributed by atoms with Crippen molar-refractivity contribution in [3.63, 3.8) is 0 Å². The van der Waals surface area contributed by atoms with Crippen LogP contribution in [0.25, 0.3) is 0 Å². The third-order valence-electron chi connectivity index (χ3n) is 4.13. The highest BCUT2D eigenvalue weighted by molar-refractivity contribution is 5.75. The standard InChI is InChI=1S/C17H24FNO3/c1-17(21,14-5-7-15(18)8-6-14)12-19-16(20)9-4-13-3-2-10-22-11-13/h5-8,13,21H,2-4,9-12H2,1H3,(H,19,20). The number of rotatable bonds is 6. The minimum absolute atomic E-state index is 0.0760. The van der Waals surface area contributed by atoms with E-state index >= 15 is 0 Å². The third kappa shape index (κ3) is 5.07. The van der Waals surface area contributed by atoms with Crippen LogP contribution in [-0.2, 0) is 15.1 Å². The van der Waals surface area contributed by atoms with Crippen LogP contribution in [0.2, 0.25) is 0 Å². The zero-order valence-corrected chi connectivity index (χ0v) is 13.0. The summed E-state index contributed by atoms with van der Waals surface area (Å²) < 4.78 is 18.3. The van der Waals surface area contributed by atoms with E-state index in [0.29, 0.717) is 17.9 Å². The molecule has 1 fully saturated rings. The van der Waals surface area contributed by atoms with Gasteiger partial charge in [0, 0.05) is 19.6 Å². The molecule has 22 heavy (non-hydrogen) atoms. The van der Waals surface area contributed by atoms with E-state index in [0.717, 1.165) is 32.5 Å². The van der Waals surface area contributed by atoms with Gasteiger partial charge in [-0.3, -0.25) is 4.79 Å². The molecular formula is C17H24FNO3. The average molecular weight is 309 g/mol. The number of nitrogens with one attached hydrogen (secondary N) is 1. The zero-order chi connectivity index (χ0) is 16.0. The van der Waals surface area contributed by atoms with Crippen LogP contribution >= 0.6 is 0 Å². The third-order valence-corrected chi connectivity index (χ3v) is 4.13. The molecule has 2 unspecified atom stereocenters. The molecular weight excluding hydrogens is 285 g/mol. The highest BCUT2D eigenvalue weighted by Gasteiger charge is 2.24. The van der Waals surface area contributed by atoms with E-state index in [2.05, 4.69) is 5.32 Å². The summed E-state index contributed by atoms with van der Waals surface area (Å²) in [5, 5.41) is 13.1. The number of carbonyl (C=O) groups is 1. The second kappa shape index (κ2) is 7.70. The molecule has 122 valence electrons. The highest BCUT2D eigenvalue weighted by Crippen LogP contribution is 2.21. The van der Waals surface area contributed by atoms with Gasteiger partial charge < -0.3 is 15.2 Å². The van der Waals surface area contributed by atoms with Crippen LogP contribution in [0.5, 0.6) is 0 Å². The Morgan fingerprint density at radius 2 is 2.18 bits per heavy atom. The fourth-order valence-corrected chi connectivity index (χ4v) is 2.64. The summed E-state index contributed by atoms with van der Waals surface area (Å²) in [4.78, 5) is 11.9. The number of ether oxygens (including phenoxy) is 1. The number of halogens is 1. The first-order valence-electron chi connectivity index (χ1n) is 7.80. The Hall–Kier alpha value is -1.46. The maximum absolute atomic E-state index is 12.9. The molecule has 0 aliphatic carbocycles. The number of hydrogen-bond acceptors (Lipinski definition) is 3. The number of aliphatic hydroxyl groups is 1. The summed E-state index contributed by atoms with van der Waals surface area (Å²) >= 11 is 0. The molecule has 1 heterocycles. The summed E-state index contributed by atoms with van der Waals surface area (Å²) in [6, 6.07) is 5.66. The van der Waals surface area contributed by atoms with Crippen molar-refractivity contribution < 1.29 is 19.0 Å². The van der Waals surface area contributed by atoms with E-state index in [1.54, 1.807) is 6.92 Å². The van der Waals surface area contributed by atoms with Gasteiger partial charge in [0.15, 0.2) is 0 Å². The summed E-state index contributed by atoms with van der Waals surface area (Å²) in [5.74, 6) is 0.0309. The summed E-state index contributed by atoms with van der Waals surface area (Å²) in [6.07, 6.45) is 3.42. The van der Waals surface area contributed by atoms with Gasteiger partial charge in [0.05, 0.1) is 6.54 Å². The van der Waals surface area contributed by atoms with Gasteiger partial charge in [0.2, 0.25) is 5.91 Å². The lowest BCUT2D eigenvalue weighted by Crippen LogP contribution is -2.38. The second-order valence-electron chi connectivity index (χ2n) is 6.18. The molecule has 0 spiro atoms. The fourth-order valence-electron chi connectivity index (χ4n) is 2.64. The molecule has 2 rings (SSSR count). The van der Waals surface area contributed by atoms with Crippen LogP contribution in [0.15, 0.2) is 24.3 Å². The molecule has 1 aliphatic heterocycles. The van der Waals surface area contributed by atoms with E-state index in [1.807, 2.05) is 0 Å². The van der Waals surface area contributed by atoms with Gasteiger partial charge in [-0.2, -0.15) is 0 Å². The largest absolute Gasteiger partial charge is 0.384 e. The lowest BCUT2D eigenvalue weighted by molar-refractivity contribution is -0.122. The van der Waals surface area contributed by atoms with E-state index in [-0.39, 0.29) is 18.3 Å². The molecule has 4 nitrogen and oxygen atoms in total. The average Bonchev–Trinajstić information content (AvgIpc) is 2.52. The summed E-state index contributed by atoms with van der Waals surface area (Å²) in [7, 11) is 0. The van der Waals surface area contributed by atoms with E-state index in [4.69, 9.17) is 4.74 Å². The van der Waals surface area contributed by atoms with Crippen LogP contribution in [-0.4, -0.2) is 30.8 Å². The van der Waals surface area contributed by atoms with Gasteiger partial charge in [-0.25, -0.2) is 4.39 Å². The van der Waals surface area contributed by atoms with Crippen molar-refractivity contribution in [2.75, 3.05) is 19.8 Å². The Morgan fingerprint density at radius 3 is 2.82 bits per heavy atom. The molecule has 2 N–H and O–H groups in total. The quantitative estimate of drug-likeness (QED) is 0.848. The van der Waals surface area contributed by atoms with Crippen molar-refractivity contribution in [1.82, 2.24) is 5.32 Å². The van der Waals surface area contributed by atoms with Crippen molar-refractivity contribution >= 4 is 5.91 Å². The maximum atomic E-state index is 12.9. The predicted octanol–water partition coefficient (Wildman–Crippen LogP) is 2.36. The molecule has 5 heteroatoms. The van der Waals surface area contributed by atoms with Crippen molar-refractivity contribution in [1.29, 1.82) is 0 Å². The molecule has 1 amide bonds. The monoisotopic (exact) mass is 309 g/mol. The molecule has 1 aromatic carbocycles. The van der Waals surface area contributed by atoms with Gasteiger partial charge in [0.25, 0.3) is 0 Å². The molecule has 0 radical (unpaired) electrons. The number of amides is 1. The van der Waals surface area contributed by atoms with Crippen LogP contribution in [0.3, 0.4) is 0 Å². The second-order valence-corrected chi connectivity index (χ2v) is 6.18. The Labute approximate surface area is 130 Å². The molecule has 1 aliphatic rings. The van der Waals surface area contributed by atoms with Crippen molar-refractivity contribution in [3.8, 4) is 0 Å². The van der Waals surface area contributed by atoms with Crippen molar-refractivity contribution in [3.05, 3.63) is 35.6 Å². The first-order chi connectivity index (χ1) is 10.5. The molecule has 1 aromatic rings. The van der Waals surface area contributed by atoms with Gasteiger partial charge >= 0.3 is 0 Å². The summed E-state index contributed by atoms with van der Waals surface area (Å²) in [5.41, 5.74) is -0.632. The lowest BCUT2D eigenvalue weighted by Gasteiger charge is -2.25. The predicted molar refractivity (Wildman–Crippen MR) is 81.8 cm³/mol. The first kappa shape index (κ1) is 16.9. The topological polar surface area (TPSA) is 58.6 Å². The Morgan fingerprint density at radius 1 is 1.45 bits per heavy atom. The van der Waals surface area contributed by atoms with Crippen LogP contribution in [0.1, 0.15) is 38.2 Å². The van der Waals surface area contributed by atoms with E-state index < -0.39 is 5.60 Å². The number of hydrogen-bond donors (Lipinski definition) is 2. The lowest BCUT2D eigenvalue weighted by atomic mass is 9.95. The van der Waals surface area contributed by atoms with Crippen LogP contribution in [0.4, 0.5) is 4.39 Å². The Kier molecular flexibility index (Phi) is 5.91. The minimum atomic E-state index is -1.21. The summed E-state index contributed by atoms with van der Waals surface area (Å²) in [6.45, 7) is 3.28.